The fraction of sp³-hybridized carbons (Fsp3) is 0.909. The largest absolute Gasteiger partial charge is 0.444 e. The lowest BCUT2D eigenvalue weighted by molar-refractivity contribution is 0.0491. The number of hydrogen-bond acceptors (Lipinski definition) is 4. The summed E-state index contributed by atoms with van der Waals surface area (Å²) in [6, 6.07) is 0.509. The maximum Gasteiger partial charge on any atom is 0.407 e. The van der Waals surface area contributed by atoms with Crippen LogP contribution in [0.3, 0.4) is 0 Å². The van der Waals surface area contributed by atoms with Crippen LogP contribution in [0, 0.1) is 0 Å². The van der Waals surface area contributed by atoms with Crippen LogP contribution >= 0.6 is 0 Å². The van der Waals surface area contributed by atoms with Crippen LogP contribution in [0.4, 0.5) is 4.79 Å². The molecule has 1 aliphatic rings. The predicted octanol–water partition coefficient (Wildman–Crippen LogP) is 2.55. The summed E-state index contributed by atoms with van der Waals surface area (Å²) < 4.78 is 9.06. The Hall–Kier alpha value is -0.710. The van der Waals surface area contributed by atoms with Gasteiger partial charge in [0.05, 0.1) is 6.04 Å². The number of hydrogen-bond donors (Lipinski definition) is 1. The Bertz CT molecular complexity index is 255. The molecular weight excluding hydrogens is 224 g/mol. The number of amides is 1. The molecular formula is C11H20N2O2S. The Morgan fingerprint density at radius 2 is 1.88 bits per heavy atom. The molecule has 0 radical (unpaired) electrons. The summed E-state index contributed by atoms with van der Waals surface area (Å²) in [4.78, 5) is 11.5. The molecule has 0 unspecified atom stereocenters. The van der Waals surface area contributed by atoms with Gasteiger partial charge in [-0.2, -0.15) is 0 Å². The highest BCUT2D eigenvalue weighted by atomic mass is 32.1. The summed E-state index contributed by atoms with van der Waals surface area (Å²) in [6.07, 6.45) is 3.47. The Balaban J connectivity index is 2.28. The van der Waals surface area contributed by atoms with E-state index in [1.54, 1.807) is 0 Å². The molecule has 0 saturated heterocycles. The number of alkyl carbamates (subject to hydrolysis) is 1. The maximum atomic E-state index is 11.5. The SMILES string of the molecule is CC(C)(C)OC(=O)NC1CCC(N=S)CC1. The average molecular weight is 244 g/mol. The van der Waals surface area contributed by atoms with Crippen molar-refractivity contribution in [2.75, 3.05) is 0 Å². The number of carbonyl (C=O) groups excluding carboxylic acids is 1. The van der Waals surface area contributed by atoms with Crippen LogP contribution in [-0.4, -0.2) is 23.8 Å². The van der Waals surface area contributed by atoms with E-state index in [0.717, 1.165) is 25.7 Å². The van der Waals surface area contributed by atoms with Gasteiger partial charge in [-0.15, -0.1) is 0 Å². The molecule has 0 atom stereocenters. The highest BCUT2D eigenvalue weighted by molar-refractivity contribution is 7.47. The fourth-order valence-electron chi connectivity index (χ4n) is 1.80. The lowest BCUT2D eigenvalue weighted by Crippen LogP contribution is -2.41. The molecule has 0 aromatic rings. The van der Waals surface area contributed by atoms with Crippen LogP contribution in [0.25, 0.3) is 0 Å². The van der Waals surface area contributed by atoms with Gasteiger partial charge in [0.1, 0.15) is 5.60 Å². The van der Waals surface area contributed by atoms with Crippen molar-refractivity contribution >= 4 is 18.5 Å². The number of nitrogens with one attached hydrogen (secondary N) is 1. The van der Waals surface area contributed by atoms with Gasteiger partial charge in [0.25, 0.3) is 0 Å². The molecule has 1 amide bonds. The molecule has 1 N–H and O–H groups in total. The Morgan fingerprint density at radius 3 is 2.31 bits per heavy atom. The van der Waals surface area contributed by atoms with E-state index in [0.29, 0.717) is 6.04 Å². The normalized spacial score (nSPS) is 25.9. The van der Waals surface area contributed by atoms with Gasteiger partial charge in [-0.25, -0.2) is 9.16 Å². The fourth-order valence-corrected chi connectivity index (χ4v) is 2.01. The van der Waals surface area contributed by atoms with E-state index in [2.05, 4.69) is 22.1 Å². The number of nitrogens with zero attached hydrogens (tertiary/aromatic N) is 1. The van der Waals surface area contributed by atoms with E-state index in [4.69, 9.17) is 4.74 Å². The average Bonchev–Trinajstić information content (AvgIpc) is 2.16. The number of carbonyl (C=O) groups is 1. The van der Waals surface area contributed by atoms with Crippen LogP contribution in [0.1, 0.15) is 46.5 Å². The molecule has 0 aromatic carbocycles. The van der Waals surface area contributed by atoms with E-state index >= 15 is 0 Å². The third kappa shape index (κ3) is 4.88. The van der Waals surface area contributed by atoms with Gasteiger partial charge < -0.3 is 10.1 Å². The van der Waals surface area contributed by atoms with Crippen molar-refractivity contribution in [1.29, 1.82) is 0 Å². The number of rotatable bonds is 2. The molecule has 0 bridgehead atoms. The second kappa shape index (κ2) is 5.57. The molecule has 4 nitrogen and oxygen atoms in total. The topological polar surface area (TPSA) is 50.7 Å². The molecule has 16 heavy (non-hydrogen) atoms. The van der Waals surface area contributed by atoms with E-state index in [-0.39, 0.29) is 12.1 Å². The number of ether oxygens (including phenoxy) is 1. The van der Waals surface area contributed by atoms with E-state index in [1.165, 1.54) is 0 Å². The summed E-state index contributed by atoms with van der Waals surface area (Å²) >= 11 is 4.68. The molecule has 0 aliphatic heterocycles. The van der Waals surface area contributed by atoms with Crippen molar-refractivity contribution < 1.29 is 9.53 Å². The zero-order valence-corrected chi connectivity index (χ0v) is 11.0. The molecule has 0 aromatic heterocycles. The predicted molar refractivity (Wildman–Crippen MR) is 65.2 cm³/mol. The summed E-state index contributed by atoms with van der Waals surface area (Å²) in [7, 11) is 0. The Labute approximate surface area is 102 Å². The molecule has 1 saturated carbocycles. The van der Waals surface area contributed by atoms with Crippen LogP contribution in [0.5, 0.6) is 0 Å². The monoisotopic (exact) mass is 244 g/mol. The van der Waals surface area contributed by atoms with Gasteiger partial charge in [0, 0.05) is 18.5 Å². The third-order valence-electron chi connectivity index (χ3n) is 2.57. The van der Waals surface area contributed by atoms with Gasteiger partial charge in [-0.05, 0) is 46.5 Å². The first-order chi connectivity index (χ1) is 7.40. The van der Waals surface area contributed by atoms with E-state index < -0.39 is 5.60 Å². The van der Waals surface area contributed by atoms with Gasteiger partial charge >= 0.3 is 6.09 Å². The minimum Gasteiger partial charge on any atom is -0.444 e. The van der Waals surface area contributed by atoms with Crippen LogP contribution in [-0.2, 0) is 17.2 Å². The van der Waals surface area contributed by atoms with Crippen molar-refractivity contribution in [1.82, 2.24) is 5.32 Å². The first-order valence-corrected chi connectivity index (χ1v) is 6.09. The lowest BCUT2D eigenvalue weighted by Gasteiger charge is -2.27. The van der Waals surface area contributed by atoms with E-state index in [1.807, 2.05) is 20.8 Å². The summed E-state index contributed by atoms with van der Waals surface area (Å²) in [6.45, 7) is 5.58. The maximum absolute atomic E-state index is 11.5. The Morgan fingerprint density at radius 1 is 1.31 bits per heavy atom. The Kier molecular flexibility index (Phi) is 4.65. The van der Waals surface area contributed by atoms with Crippen LogP contribution in [0.15, 0.2) is 4.36 Å². The molecule has 5 heteroatoms. The smallest absolute Gasteiger partial charge is 0.407 e. The van der Waals surface area contributed by atoms with Crippen molar-refractivity contribution in [3.8, 4) is 0 Å². The van der Waals surface area contributed by atoms with Gasteiger partial charge in [-0.1, -0.05) is 0 Å². The minimum atomic E-state index is -0.433. The molecule has 1 fully saturated rings. The molecule has 1 rings (SSSR count). The molecule has 1 aliphatic carbocycles. The molecule has 92 valence electrons. The van der Waals surface area contributed by atoms with Crippen LogP contribution < -0.4 is 5.32 Å². The quantitative estimate of drug-likeness (QED) is 0.812. The highest BCUT2D eigenvalue weighted by Crippen LogP contribution is 2.21. The molecule has 0 spiro atoms. The van der Waals surface area contributed by atoms with Crippen molar-refractivity contribution in [3.63, 3.8) is 0 Å². The van der Waals surface area contributed by atoms with Crippen LogP contribution in [0.2, 0.25) is 0 Å². The van der Waals surface area contributed by atoms with Crippen molar-refractivity contribution in [2.24, 2.45) is 4.36 Å². The third-order valence-corrected chi connectivity index (χ3v) is 2.86. The highest BCUT2D eigenvalue weighted by Gasteiger charge is 2.24. The standard InChI is InChI=1S/C11H20N2O2S/c1-11(2,3)15-10(14)12-8-4-6-9(13-16)7-5-8/h8-9H,4-7H2,1-3H3,(H,12,14). The van der Waals surface area contributed by atoms with Gasteiger partial charge in [0.15, 0.2) is 0 Å². The first kappa shape index (κ1) is 13.4. The minimum absolute atomic E-state index is 0.211. The zero-order valence-electron chi connectivity index (χ0n) is 10.2. The summed E-state index contributed by atoms with van der Waals surface area (Å²) in [5, 5.41) is 2.88. The van der Waals surface area contributed by atoms with Crippen molar-refractivity contribution in [3.05, 3.63) is 0 Å². The zero-order chi connectivity index (χ0) is 12.2. The second-order valence-corrected chi connectivity index (χ2v) is 5.47. The van der Waals surface area contributed by atoms with Crippen molar-refractivity contribution in [2.45, 2.75) is 64.1 Å². The summed E-state index contributed by atoms with van der Waals surface area (Å²) in [5.41, 5.74) is -0.433. The molecule has 0 heterocycles. The second-order valence-electron chi connectivity index (χ2n) is 5.26. The van der Waals surface area contributed by atoms with E-state index in [9.17, 15) is 4.79 Å². The first-order valence-electron chi connectivity index (χ1n) is 5.72. The lowest BCUT2D eigenvalue weighted by atomic mass is 9.92. The summed E-state index contributed by atoms with van der Waals surface area (Å²) in [5.74, 6) is 0. The van der Waals surface area contributed by atoms with Gasteiger partial charge in [-0.3, -0.25) is 0 Å². The van der Waals surface area contributed by atoms with Gasteiger partial charge in [0.2, 0.25) is 0 Å².